The van der Waals surface area contributed by atoms with Crippen LogP contribution in [-0.4, -0.2) is 44.2 Å². The largest absolute Gasteiger partial charge is 0.476 e. The normalized spacial score (nSPS) is 17.6. The van der Waals surface area contributed by atoms with Gasteiger partial charge in [0.15, 0.2) is 11.5 Å². The second-order valence-corrected chi connectivity index (χ2v) is 4.61. The number of ether oxygens (including phenoxy) is 1. The molecule has 1 atom stereocenters. The molecule has 1 unspecified atom stereocenters. The van der Waals surface area contributed by atoms with Gasteiger partial charge in [-0.25, -0.2) is 24.7 Å². The highest BCUT2D eigenvalue weighted by Gasteiger charge is 2.23. The monoisotopic (exact) mass is 287 g/mol. The molecule has 1 aliphatic rings. The molecule has 8 heteroatoms. The Morgan fingerprint density at radius 3 is 2.81 bits per heavy atom. The van der Waals surface area contributed by atoms with Crippen LogP contribution in [0.5, 0.6) is 0 Å². The van der Waals surface area contributed by atoms with Crippen molar-refractivity contribution in [3.63, 3.8) is 0 Å². The van der Waals surface area contributed by atoms with E-state index >= 15 is 0 Å². The van der Waals surface area contributed by atoms with E-state index in [2.05, 4.69) is 25.3 Å². The van der Waals surface area contributed by atoms with E-state index in [0.717, 1.165) is 6.42 Å². The number of carbonyl (C=O) groups is 1. The molecule has 0 amide bonds. The molecule has 0 aliphatic carbocycles. The predicted octanol–water partition coefficient (Wildman–Crippen LogP) is 1.21. The number of aromatic nitrogens is 4. The van der Waals surface area contributed by atoms with Gasteiger partial charge in [-0.2, -0.15) is 0 Å². The van der Waals surface area contributed by atoms with E-state index in [9.17, 15) is 9.90 Å². The van der Waals surface area contributed by atoms with Crippen LogP contribution in [0.25, 0.3) is 0 Å². The van der Waals surface area contributed by atoms with Crippen molar-refractivity contribution < 1.29 is 14.6 Å². The fraction of sp³-hybridized carbons (Fsp3) is 0.308. The number of anilines is 2. The first-order valence-corrected chi connectivity index (χ1v) is 6.44. The van der Waals surface area contributed by atoms with Crippen LogP contribution in [0.2, 0.25) is 0 Å². The third kappa shape index (κ3) is 2.95. The minimum Gasteiger partial charge on any atom is -0.476 e. The van der Waals surface area contributed by atoms with E-state index in [1.54, 1.807) is 6.20 Å². The Hall–Kier alpha value is -2.61. The van der Waals surface area contributed by atoms with E-state index in [-0.39, 0.29) is 17.4 Å². The van der Waals surface area contributed by atoms with Crippen molar-refractivity contribution in [2.45, 2.75) is 12.3 Å². The van der Waals surface area contributed by atoms with E-state index in [1.807, 2.05) is 0 Å². The van der Waals surface area contributed by atoms with Crippen molar-refractivity contribution in [1.29, 1.82) is 0 Å². The molecule has 3 rings (SSSR count). The molecule has 2 aromatic heterocycles. The zero-order chi connectivity index (χ0) is 14.7. The van der Waals surface area contributed by atoms with Crippen LogP contribution in [0.3, 0.4) is 0 Å². The molecule has 0 radical (unpaired) electrons. The maximum atomic E-state index is 11.4. The molecule has 0 aromatic carbocycles. The third-order valence-electron chi connectivity index (χ3n) is 3.16. The summed E-state index contributed by atoms with van der Waals surface area (Å²) < 4.78 is 5.29. The standard InChI is InChI=1S/C13H13N5O3/c19-13(20)11-12(17-9-3-14-7-15-4-9)16-5-10(18-11)8-1-2-21-6-8/h3-5,7-8H,1-2,6H2,(H,16,17)(H,19,20). The molecule has 1 fully saturated rings. The lowest BCUT2D eigenvalue weighted by atomic mass is 10.1. The molecule has 3 heterocycles. The number of aromatic carboxylic acids is 1. The number of hydrogen-bond donors (Lipinski definition) is 2. The fourth-order valence-electron chi connectivity index (χ4n) is 2.11. The molecule has 8 nitrogen and oxygen atoms in total. The number of nitrogens with one attached hydrogen (secondary N) is 1. The highest BCUT2D eigenvalue weighted by molar-refractivity contribution is 5.91. The summed E-state index contributed by atoms with van der Waals surface area (Å²) in [6.45, 7) is 1.21. The lowest BCUT2D eigenvalue weighted by Gasteiger charge is -2.11. The fourth-order valence-corrected chi connectivity index (χ4v) is 2.11. The van der Waals surface area contributed by atoms with Crippen molar-refractivity contribution in [2.24, 2.45) is 0 Å². The molecule has 108 valence electrons. The number of nitrogens with zero attached hydrogens (tertiary/aromatic N) is 4. The molecule has 0 saturated carbocycles. The average molecular weight is 287 g/mol. The zero-order valence-electron chi connectivity index (χ0n) is 11.1. The van der Waals surface area contributed by atoms with Gasteiger partial charge in [0.1, 0.15) is 6.33 Å². The van der Waals surface area contributed by atoms with Crippen LogP contribution < -0.4 is 5.32 Å². The van der Waals surface area contributed by atoms with Crippen LogP contribution in [0.15, 0.2) is 24.9 Å². The van der Waals surface area contributed by atoms with E-state index in [0.29, 0.717) is 24.6 Å². The summed E-state index contributed by atoms with van der Waals surface area (Å²) in [6.07, 6.45) is 6.85. The van der Waals surface area contributed by atoms with Gasteiger partial charge in [0, 0.05) is 12.5 Å². The molecule has 0 spiro atoms. The summed E-state index contributed by atoms with van der Waals surface area (Å²) in [7, 11) is 0. The zero-order valence-corrected chi connectivity index (χ0v) is 11.1. The van der Waals surface area contributed by atoms with Crippen molar-refractivity contribution in [3.8, 4) is 0 Å². The summed E-state index contributed by atoms with van der Waals surface area (Å²) in [5, 5.41) is 12.2. The molecule has 21 heavy (non-hydrogen) atoms. The highest BCUT2D eigenvalue weighted by Crippen LogP contribution is 2.25. The van der Waals surface area contributed by atoms with Crippen LogP contribution >= 0.6 is 0 Å². The van der Waals surface area contributed by atoms with Gasteiger partial charge in [0.2, 0.25) is 0 Å². The van der Waals surface area contributed by atoms with Gasteiger partial charge in [-0.3, -0.25) is 0 Å². The van der Waals surface area contributed by atoms with Crippen LogP contribution in [0.4, 0.5) is 11.5 Å². The Kier molecular flexibility index (Phi) is 3.69. The van der Waals surface area contributed by atoms with Crippen LogP contribution in [0.1, 0.15) is 28.5 Å². The van der Waals surface area contributed by atoms with Gasteiger partial charge in [-0.05, 0) is 6.42 Å². The number of carboxylic acids is 1. The van der Waals surface area contributed by atoms with Gasteiger partial charge in [0.25, 0.3) is 0 Å². The van der Waals surface area contributed by atoms with Crippen molar-refractivity contribution in [3.05, 3.63) is 36.3 Å². The van der Waals surface area contributed by atoms with Gasteiger partial charge in [-0.15, -0.1) is 0 Å². The van der Waals surface area contributed by atoms with Gasteiger partial charge < -0.3 is 15.2 Å². The molecule has 2 aromatic rings. The number of hydrogen-bond acceptors (Lipinski definition) is 7. The van der Waals surface area contributed by atoms with E-state index in [4.69, 9.17) is 4.74 Å². The van der Waals surface area contributed by atoms with Crippen molar-refractivity contribution in [2.75, 3.05) is 18.5 Å². The quantitative estimate of drug-likeness (QED) is 0.863. The lowest BCUT2D eigenvalue weighted by molar-refractivity contribution is 0.0690. The summed E-state index contributed by atoms with van der Waals surface area (Å²) in [4.78, 5) is 27.5. The Balaban J connectivity index is 1.91. The predicted molar refractivity (Wildman–Crippen MR) is 72.5 cm³/mol. The Morgan fingerprint density at radius 2 is 2.14 bits per heavy atom. The van der Waals surface area contributed by atoms with Crippen LogP contribution in [0, 0.1) is 0 Å². The van der Waals surface area contributed by atoms with E-state index < -0.39 is 5.97 Å². The average Bonchev–Trinajstić information content (AvgIpc) is 3.03. The van der Waals surface area contributed by atoms with Crippen LogP contribution in [-0.2, 0) is 4.74 Å². The SMILES string of the molecule is O=C(O)c1nc(C2CCOC2)cnc1Nc1cncnc1. The highest BCUT2D eigenvalue weighted by atomic mass is 16.5. The molecular weight excluding hydrogens is 274 g/mol. The molecular formula is C13H13N5O3. The first kappa shape index (κ1) is 13.4. The maximum absolute atomic E-state index is 11.4. The summed E-state index contributed by atoms with van der Waals surface area (Å²) in [5.41, 5.74) is 1.06. The summed E-state index contributed by atoms with van der Waals surface area (Å²) in [5.74, 6) is -0.868. The van der Waals surface area contributed by atoms with Crippen molar-refractivity contribution in [1.82, 2.24) is 19.9 Å². The molecule has 2 N–H and O–H groups in total. The first-order valence-electron chi connectivity index (χ1n) is 6.44. The first-order chi connectivity index (χ1) is 10.2. The molecule has 0 bridgehead atoms. The summed E-state index contributed by atoms with van der Waals surface area (Å²) in [6, 6.07) is 0. The molecule has 1 aliphatic heterocycles. The Morgan fingerprint density at radius 1 is 1.33 bits per heavy atom. The Bertz CT molecular complexity index is 644. The number of carboxylic acid groups (broad SMARTS) is 1. The van der Waals surface area contributed by atoms with Gasteiger partial charge >= 0.3 is 5.97 Å². The Labute approximate surface area is 120 Å². The smallest absolute Gasteiger partial charge is 0.358 e. The minimum atomic E-state index is -1.14. The lowest BCUT2D eigenvalue weighted by Crippen LogP contribution is -2.12. The third-order valence-corrected chi connectivity index (χ3v) is 3.16. The second-order valence-electron chi connectivity index (χ2n) is 4.61. The van der Waals surface area contributed by atoms with E-state index in [1.165, 1.54) is 18.7 Å². The van der Waals surface area contributed by atoms with Gasteiger partial charge in [0.05, 0.1) is 36.6 Å². The number of rotatable bonds is 4. The topological polar surface area (TPSA) is 110 Å². The molecule has 1 saturated heterocycles. The summed E-state index contributed by atoms with van der Waals surface area (Å²) >= 11 is 0. The maximum Gasteiger partial charge on any atom is 0.358 e. The van der Waals surface area contributed by atoms with Crippen molar-refractivity contribution >= 4 is 17.5 Å². The van der Waals surface area contributed by atoms with Gasteiger partial charge in [-0.1, -0.05) is 0 Å². The minimum absolute atomic E-state index is 0.102. The second kappa shape index (κ2) is 5.80.